The predicted molar refractivity (Wildman–Crippen MR) is 123 cm³/mol. The number of hydrogen-bond acceptors (Lipinski definition) is 7. The molecule has 1 aromatic rings. The number of Topliss-reactive ketones (excluding diaryl/α,β-unsaturated/α-hetero) is 1. The molecule has 0 spiro atoms. The van der Waals surface area contributed by atoms with Crippen LogP contribution in [0.3, 0.4) is 0 Å². The first-order chi connectivity index (χ1) is 15.6. The molecule has 0 amide bonds. The summed E-state index contributed by atoms with van der Waals surface area (Å²) in [5, 5.41) is 3.77. The first-order valence-electron chi connectivity index (χ1n) is 11.0. The Morgan fingerprint density at radius 2 is 1.85 bits per heavy atom. The summed E-state index contributed by atoms with van der Waals surface area (Å²) in [7, 11) is 1.27. The van der Waals surface area contributed by atoms with Crippen molar-refractivity contribution in [2.45, 2.75) is 46.1 Å². The van der Waals surface area contributed by atoms with Gasteiger partial charge < -0.3 is 19.5 Å². The lowest BCUT2D eigenvalue weighted by Gasteiger charge is -2.38. The summed E-state index contributed by atoms with van der Waals surface area (Å²) in [6.07, 6.45) is 0.500. The highest BCUT2D eigenvalue weighted by Gasteiger charge is 2.47. The molecule has 1 aliphatic heterocycles. The van der Waals surface area contributed by atoms with Crippen LogP contribution in [0.15, 0.2) is 46.8 Å². The molecule has 0 unspecified atom stereocenters. The van der Waals surface area contributed by atoms with Crippen molar-refractivity contribution in [2.75, 3.05) is 20.3 Å². The van der Waals surface area contributed by atoms with Gasteiger partial charge in [0.1, 0.15) is 12.5 Å². The lowest BCUT2D eigenvalue weighted by Crippen LogP contribution is -2.43. The third-order valence-electron chi connectivity index (χ3n) is 5.93. The highest BCUT2D eigenvalue weighted by molar-refractivity contribution is 6.30. The SMILES string of the molecule is COC(=O)[C@H]1C(=O)C2=C(C[C@@H]1C)NC(C)=C(C(=O)OCCOC(C)C)[C@@H]2c1ccc(Cl)cc1. The van der Waals surface area contributed by atoms with E-state index in [1.807, 2.05) is 20.8 Å². The van der Waals surface area contributed by atoms with Crippen LogP contribution in [-0.2, 0) is 28.6 Å². The second-order valence-electron chi connectivity index (χ2n) is 8.64. The number of esters is 2. The van der Waals surface area contributed by atoms with E-state index < -0.39 is 23.8 Å². The van der Waals surface area contributed by atoms with Crippen LogP contribution in [0.2, 0.25) is 5.02 Å². The number of ketones is 1. The zero-order valence-corrected chi connectivity index (χ0v) is 20.3. The molecular weight excluding hydrogens is 446 g/mol. The molecule has 2 aliphatic rings. The molecule has 0 saturated heterocycles. The van der Waals surface area contributed by atoms with E-state index in [0.717, 1.165) is 0 Å². The van der Waals surface area contributed by atoms with E-state index in [-0.39, 0.29) is 31.0 Å². The molecule has 178 valence electrons. The summed E-state index contributed by atoms with van der Waals surface area (Å²) in [6, 6.07) is 6.98. The lowest BCUT2D eigenvalue weighted by molar-refractivity contribution is -0.151. The van der Waals surface area contributed by atoms with E-state index in [4.69, 9.17) is 25.8 Å². The van der Waals surface area contributed by atoms with Crippen molar-refractivity contribution in [3.8, 4) is 0 Å². The van der Waals surface area contributed by atoms with Crippen molar-refractivity contribution in [1.82, 2.24) is 5.32 Å². The Morgan fingerprint density at radius 1 is 1.18 bits per heavy atom. The van der Waals surface area contributed by atoms with Gasteiger partial charge in [0, 0.05) is 27.9 Å². The molecule has 1 aromatic carbocycles. The third-order valence-corrected chi connectivity index (χ3v) is 6.19. The first kappa shape index (κ1) is 25.0. The molecule has 3 rings (SSSR count). The second kappa shape index (κ2) is 10.5. The summed E-state index contributed by atoms with van der Waals surface area (Å²) in [5.74, 6) is -3.32. The molecule has 1 heterocycles. The third kappa shape index (κ3) is 5.31. The number of methoxy groups -OCH3 is 1. The number of dihydropyridines is 1. The average Bonchev–Trinajstić information content (AvgIpc) is 2.75. The summed E-state index contributed by atoms with van der Waals surface area (Å²) in [6.45, 7) is 7.79. The predicted octanol–water partition coefficient (Wildman–Crippen LogP) is 3.92. The Labute approximate surface area is 199 Å². The monoisotopic (exact) mass is 475 g/mol. The highest BCUT2D eigenvalue weighted by Crippen LogP contribution is 2.45. The fourth-order valence-electron chi connectivity index (χ4n) is 4.44. The molecule has 8 heteroatoms. The average molecular weight is 476 g/mol. The Balaban J connectivity index is 2.02. The summed E-state index contributed by atoms with van der Waals surface area (Å²) in [5.41, 5.74) is 2.75. The van der Waals surface area contributed by atoms with Gasteiger partial charge in [-0.05, 0) is 50.8 Å². The van der Waals surface area contributed by atoms with Crippen LogP contribution in [0, 0.1) is 11.8 Å². The largest absolute Gasteiger partial charge is 0.468 e. The van der Waals surface area contributed by atoms with E-state index in [1.54, 1.807) is 31.2 Å². The minimum atomic E-state index is -0.930. The van der Waals surface area contributed by atoms with Crippen molar-refractivity contribution in [2.24, 2.45) is 11.8 Å². The minimum Gasteiger partial charge on any atom is -0.468 e. The van der Waals surface area contributed by atoms with Crippen LogP contribution in [0.5, 0.6) is 0 Å². The Hall–Kier alpha value is -2.64. The molecule has 0 fully saturated rings. The van der Waals surface area contributed by atoms with E-state index in [9.17, 15) is 14.4 Å². The van der Waals surface area contributed by atoms with Gasteiger partial charge in [0.2, 0.25) is 0 Å². The van der Waals surface area contributed by atoms with Gasteiger partial charge in [-0.2, -0.15) is 0 Å². The van der Waals surface area contributed by atoms with Crippen LogP contribution in [0.1, 0.15) is 45.6 Å². The van der Waals surface area contributed by atoms with Gasteiger partial charge in [0.05, 0.1) is 25.4 Å². The Bertz CT molecular complexity index is 995. The maximum atomic E-state index is 13.6. The number of allylic oxidation sites excluding steroid dienone is 3. The van der Waals surface area contributed by atoms with Crippen molar-refractivity contribution < 1.29 is 28.6 Å². The normalized spacial score (nSPS) is 22.8. The zero-order valence-electron chi connectivity index (χ0n) is 19.6. The van der Waals surface area contributed by atoms with Gasteiger partial charge in [-0.1, -0.05) is 30.7 Å². The number of nitrogens with one attached hydrogen (secondary N) is 1. The highest BCUT2D eigenvalue weighted by atomic mass is 35.5. The van der Waals surface area contributed by atoms with Crippen LogP contribution < -0.4 is 5.32 Å². The molecular formula is C25H30ClNO6. The fourth-order valence-corrected chi connectivity index (χ4v) is 4.56. The minimum absolute atomic E-state index is 0.0210. The topological polar surface area (TPSA) is 90.9 Å². The van der Waals surface area contributed by atoms with Crippen LogP contribution in [0.25, 0.3) is 0 Å². The molecule has 7 nitrogen and oxygen atoms in total. The molecule has 3 atom stereocenters. The summed E-state index contributed by atoms with van der Waals surface area (Å²) in [4.78, 5) is 39.2. The van der Waals surface area contributed by atoms with Crippen LogP contribution >= 0.6 is 11.6 Å². The standard InChI is InChI=1S/C25H30ClNO6/c1-13(2)32-10-11-33-25(30)20-15(4)27-18-12-14(3)19(24(29)31-5)23(28)22(18)21(20)16-6-8-17(26)9-7-16/h6-9,13-14,19,21,27H,10-12H2,1-5H3/t14-,19+,21-/m0/s1. The molecule has 1 N–H and O–H groups in total. The van der Waals surface area contributed by atoms with E-state index in [0.29, 0.717) is 39.5 Å². The molecule has 1 aliphatic carbocycles. The number of halogens is 1. The number of carbonyl (C=O) groups excluding carboxylic acids is 3. The fraction of sp³-hybridized carbons (Fsp3) is 0.480. The van der Waals surface area contributed by atoms with Crippen molar-refractivity contribution in [3.63, 3.8) is 0 Å². The van der Waals surface area contributed by atoms with Gasteiger partial charge in [-0.3, -0.25) is 9.59 Å². The van der Waals surface area contributed by atoms with Crippen molar-refractivity contribution in [1.29, 1.82) is 0 Å². The quantitative estimate of drug-likeness (QED) is 0.363. The number of rotatable bonds is 7. The van der Waals surface area contributed by atoms with Crippen molar-refractivity contribution in [3.05, 3.63) is 57.4 Å². The molecule has 0 radical (unpaired) electrons. The second-order valence-corrected chi connectivity index (χ2v) is 9.08. The van der Waals surface area contributed by atoms with Gasteiger partial charge in [-0.25, -0.2) is 4.79 Å². The van der Waals surface area contributed by atoms with E-state index in [2.05, 4.69) is 5.32 Å². The molecule has 0 bridgehead atoms. The molecule has 0 aromatic heterocycles. The Kier molecular flexibility index (Phi) is 7.97. The number of ether oxygens (including phenoxy) is 3. The summed E-state index contributed by atoms with van der Waals surface area (Å²) >= 11 is 6.09. The summed E-state index contributed by atoms with van der Waals surface area (Å²) < 4.78 is 15.9. The van der Waals surface area contributed by atoms with E-state index >= 15 is 0 Å². The zero-order chi connectivity index (χ0) is 24.3. The first-order valence-corrected chi connectivity index (χ1v) is 11.4. The van der Waals surface area contributed by atoms with Crippen LogP contribution in [0.4, 0.5) is 0 Å². The maximum Gasteiger partial charge on any atom is 0.336 e. The van der Waals surface area contributed by atoms with Crippen molar-refractivity contribution >= 4 is 29.3 Å². The maximum absolute atomic E-state index is 13.6. The van der Waals surface area contributed by atoms with Gasteiger partial charge in [0.25, 0.3) is 0 Å². The smallest absolute Gasteiger partial charge is 0.336 e. The van der Waals surface area contributed by atoms with E-state index in [1.165, 1.54) is 7.11 Å². The Morgan fingerprint density at radius 3 is 2.45 bits per heavy atom. The van der Waals surface area contributed by atoms with Gasteiger partial charge in [-0.15, -0.1) is 0 Å². The lowest BCUT2D eigenvalue weighted by atomic mass is 9.69. The molecule has 0 saturated carbocycles. The van der Waals surface area contributed by atoms with Gasteiger partial charge in [0.15, 0.2) is 5.78 Å². The molecule has 33 heavy (non-hydrogen) atoms. The number of benzene rings is 1. The van der Waals surface area contributed by atoms with Gasteiger partial charge >= 0.3 is 11.9 Å². The number of hydrogen-bond donors (Lipinski definition) is 1. The van der Waals surface area contributed by atoms with Crippen LogP contribution in [-0.4, -0.2) is 44.1 Å². The number of carbonyl (C=O) groups is 3.